The molecule has 4 rings (SSSR count). The first-order valence-corrected chi connectivity index (χ1v) is 14.3. The fraction of sp³-hybridized carbons (Fsp3) is 0.562. The number of hydrogen-bond acceptors (Lipinski definition) is 5. The van der Waals surface area contributed by atoms with Crippen LogP contribution >= 0.6 is 0 Å². The lowest BCUT2D eigenvalue weighted by molar-refractivity contribution is -0.178. The third-order valence-electron chi connectivity index (χ3n) is 7.70. The summed E-state index contributed by atoms with van der Waals surface area (Å²) in [5.74, 6) is 1.41. The van der Waals surface area contributed by atoms with Gasteiger partial charge in [-0.3, -0.25) is 9.59 Å². The quantitative estimate of drug-likeness (QED) is 0.550. The first-order valence-electron chi connectivity index (χ1n) is 14.3. The van der Waals surface area contributed by atoms with Gasteiger partial charge in [0.1, 0.15) is 18.1 Å². The van der Waals surface area contributed by atoms with Crippen molar-refractivity contribution in [2.45, 2.75) is 77.4 Å². The van der Waals surface area contributed by atoms with Gasteiger partial charge in [-0.25, -0.2) is 0 Å². The molecular formula is C32H44N2O5. The fourth-order valence-electron chi connectivity index (χ4n) is 5.51. The van der Waals surface area contributed by atoms with Crippen LogP contribution in [0.25, 0.3) is 0 Å². The van der Waals surface area contributed by atoms with Gasteiger partial charge in [-0.15, -0.1) is 0 Å². The highest BCUT2D eigenvalue weighted by Gasteiger charge is 2.47. The molecule has 1 spiro atoms. The Hall–Kier alpha value is -3.06. The Kier molecular flexibility index (Phi) is 9.21. The zero-order chi connectivity index (χ0) is 28.0. The Bertz CT molecular complexity index is 1140. The first kappa shape index (κ1) is 28.9. The number of ether oxygens (including phenoxy) is 3. The Morgan fingerprint density at radius 3 is 2.54 bits per heavy atom. The van der Waals surface area contributed by atoms with E-state index in [1.807, 2.05) is 61.2 Å². The third-order valence-corrected chi connectivity index (χ3v) is 7.70. The monoisotopic (exact) mass is 536 g/mol. The third kappa shape index (κ3) is 6.93. The molecular weight excluding hydrogens is 492 g/mol. The molecule has 7 nitrogen and oxygen atoms in total. The van der Waals surface area contributed by atoms with Gasteiger partial charge in [-0.1, -0.05) is 57.2 Å². The van der Waals surface area contributed by atoms with E-state index < -0.39 is 5.60 Å². The number of carbonyl (C=O) groups is 2. The molecule has 212 valence electrons. The summed E-state index contributed by atoms with van der Waals surface area (Å²) in [4.78, 5) is 31.1. The van der Waals surface area contributed by atoms with E-state index in [1.165, 1.54) is 5.56 Å². The molecule has 39 heavy (non-hydrogen) atoms. The minimum absolute atomic E-state index is 0.0249. The summed E-state index contributed by atoms with van der Waals surface area (Å²) in [7, 11) is 0. The van der Waals surface area contributed by atoms with Crippen molar-refractivity contribution < 1.29 is 23.8 Å². The minimum Gasteiger partial charge on any atom is -0.491 e. The highest BCUT2D eigenvalue weighted by molar-refractivity contribution is 5.87. The van der Waals surface area contributed by atoms with Crippen molar-refractivity contribution in [1.29, 1.82) is 0 Å². The average Bonchev–Trinajstić information content (AvgIpc) is 2.91. The zero-order valence-electron chi connectivity index (χ0n) is 24.2. The number of para-hydroxylation sites is 2. The number of carbonyl (C=O) groups excluding carboxylic acids is 2. The van der Waals surface area contributed by atoms with Gasteiger partial charge in [0, 0.05) is 12.6 Å². The minimum atomic E-state index is -1.07. The lowest BCUT2D eigenvalue weighted by Crippen LogP contribution is -2.63. The molecule has 2 aliphatic heterocycles. The maximum atomic E-state index is 14.1. The van der Waals surface area contributed by atoms with E-state index in [2.05, 4.69) is 26.8 Å². The molecule has 1 unspecified atom stereocenters. The van der Waals surface area contributed by atoms with E-state index in [0.29, 0.717) is 32.7 Å². The average molecular weight is 537 g/mol. The van der Waals surface area contributed by atoms with Crippen molar-refractivity contribution in [1.82, 2.24) is 9.80 Å². The van der Waals surface area contributed by atoms with E-state index >= 15 is 0 Å². The normalized spacial score (nSPS) is 21.1. The molecule has 2 aromatic rings. The van der Waals surface area contributed by atoms with Gasteiger partial charge >= 0.3 is 0 Å². The SMILES string of the molecule is CC(C)N1CCOc2ccccc2CCCCC2(CN(C(=O)COc3ccccc3C(C)(C)C)CCO2)C1=O. The van der Waals surface area contributed by atoms with Gasteiger partial charge in [0.25, 0.3) is 11.8 Å². The van der Waals surface area contributed by atoms with Gasteiger partial charge < -0.3 is 24.0 Å². The maximum absolute atomic E-state index is 14.1. The summed E-state index contributed by atoms with van der Waals surface area (Å²) >= 11 is 0. The van der Waals surface area contributed by atoms with Crippen LogP contribution in [0.1, 0.15) is 65.0 Å². The smallest absolute Gasteiger partial charge is 0.260 e. The number of amides is 2. The first-order chi connectivity index (χ1) is 18.6. The Balaban J connectivity index is 1.51. The number of nitrogens with zero attached hydrogens (tertiary/aromatic N) is 2. The number of aryl methyl sites for hydroxylation is 1. The van der Waals surface area contributed by atoms with Crippen LogP contribution in [0.2, 0.25) is 0 Å². The van der Waals surface area contributed by atoms with Crippen molar-refractivity contribution in [3.8, 4) is 11.5 Å². The van der Waals surface area contributed by atoms with Crippen LogP contribution in [0.15, 0.2) is 48.5 Å². The van der Waals surface area contributed by atoms with Gasteiger partial charge in [0.15, 0.2) is 12.2 Å². The summed E-state index contributed by atoms with van der Waals surface area (Å²) in [5, 5.41) is 0. The zero-order valence-corrected chi connectivity index (χ0v) is 24.2. The summed E-state index contributed by atoms with van der Waals surface area (Å²) in [6.07, 6.45) is 3.15. The lowest BCUT2D eigenvalue weighted by Gasteiger charge is -2.45. The Morgan fingerprint density at radius 1 is 1.03 bits per heavy atom. The molecule has 0 radical (unpaired) electrons. The van der Waals surface area contributed by atoms with Crippen LogP contribution in [0.3, 0.4) is 0 Å². The summed E-state index contributed by atoms with van der Waals surface area (Å²) in [5.41, 5.74) is 1.07. The molecule has 2 amide bonds. The summed E-state index contributed by atoms with van der Waals surface area (Å²) in [6.45, 7) is 12.2. The van der Waals surface area contributed by atoms with Crippen molar-refractivity contribution in [3.05, 3.63) is 59.7 Å². The van der Waals surface area contributed by atoms with Gasteiger partial charge in [-0.2, -0.15) is 0 Å². The van der Waals surface area contributed by atoms with Crippen LogP contribution in [0, 0.1) is 0 Å². The van der Waals surface area contributed by atoms with E-state index in [-0.39, 0.29) is 36.4 Å². The molecule has 0 N–H and O–H groups in total. The Morgan fingerprint density at radius 2 is 1.77 bits per heavy atom. The molecule has 2 heterocycles. The highest BCUT2D eigenvalue weighted by Crippen LogP contribution is 2.32. The number of rotatable bonds is 4. The molecule has 2 aromatic carbocycles. The number of hydrogen-bond donors (Lipinski definition) is 0. The number of morpholine rings is 1. The lowest BCUT2D eigenvalue weighted by atomic mass is 9.86. The molecule has 1 saturated heterocycles. The van der Waals surface area contributed by atoms with Crippen LogP contribution in [0.5, 0.6) is 11.5 Å². The van der Waals surface area contributed by atoms with Gasteiger partial charge in [0.05, 0.1) is 19.7 Å². The molecule has 0 saturated carbocycles. The van der Waals surface area contributed by atoms with Crippen LogP contribution in [-0.4, -0.2) is 72.7 Å². The predicted octanol–water partition coefficient (Wildman–Crippen LogP) is 5.00. The Labute approximate surface area is 233 Å². The molecule has 1 atom stereocenters. The second-order valence-corrected chi connectivity index (χ2v) is 11.9. The standard InChI is InChI=1S/C32H44N2O5/c1-24(2)34-19-20-37-27-15-8-6-12-25(27)13-10-11-17-32(30(34)36)23-33(18-21-39-32)29(35)22-38-28-16-9-7-14-26(28)31(3,4)5/h6-9,12,14-16,24H,10-11,13,17-23H2,1-5H3. The molecule has 0 aromatic heterocycles. The van der Waals surface area contributed by atoms with Crippen LogP contribution < -0.4 is 9.47 Å². The van der Waals surface area contributed by atoms with Crippen molar-refractivity contribution >= 4 is 11.8 Å². The van der Waals surface area contributed by atoms with Crippen molar-refractivity contribution in [2.24, 2.45) is 0 Å². The topological polar surface area (TPSA) is 68.3 Å². The fourth-order valence-corrected chi connectivity index (χ4v) is 5.51. The second-order valence-electron chi connectivity index (χ2n) is 11.9. The molecule has 0 bridgehead atoms. The van der Waals surface area contributed by atoms with E-state index in [4.69, 9.17) is 14.2 Å². The van der Waals surface area contributed by atoms with Crippen LogP contribution in [-0.2, 0) is 26.2 Å². The number of benzene rings is 2. The van der Waals surface area contributed by atoms with Crippen molar-refractivity contribution in [3.63, 3.8) is 0 Å². The van der Waals surface area contributed by atoms with Crippen LogP contribution in [0.4, 0.5) is 0 Å². The van der Waals surface area contributed by atoms with Gasteiger partial charge in [0.2, 0.25) is 0 Å². The van der Waals surface area contributed by atoms with E-state index in [9.17, 15) is 9.59 Å². The molecule has 2 aliphatic rings. The van der Waals surface area contributed by atoms with E-state index in [0.717, 1.165) is 36.3 Å². The largest absolute Gasteiger partial charge is 0.491 e. The van der Waals surface area contributed by atoms with Crippen molar-refractivity contribution in [2.75, 3.05) is 39.5 Å². The maximum Gasteiger partial charge on any atom is 0.260 e. The van der Waals surface area contributed by atoms with Gasteiger partial charge in [-0.05, 0) is 68.2 Å². The molecule has 1 fully saturated rings. The number of fused-ring (bicyclic) bond motifs is 1. The predicted molar refractivity (Wildman–Crippen MR) is 152 cm³/mol. The second kappa shape index (κ2) is 12.4. The molecule has 0 aliphatic carbocycles. The summed E-state index contributed by atoms with van der Waals surface area (Å²) in [6, 6.07) is 16.0. The van der Waals surface area contributed by atoms with E-state index in [1.54, 1.807) is 4.90 Å². The highest BCUT2D eigenvalue weighted by atomic mass is 16.5. The molecule has 7 heteroatoms. The summed E-state index contributed by atoms with van der Waals surface area (Å²) < 4.78 is 18.5.